The molecule has 0 fully saturated rings. The van der Waals surface area contributed by atoms with E-state index in [9.17, 15) is 4.39 Å². The highest BCUT2D eigenvalue weighted by atomic mass is 32.1. The third-order valence-electron chi connectivity index (χ3n) is 1.64. The van der Waals surface area contributed by atoms with Gasteiger partial charge in [-0.25, -0.2) is 4.39 Å². The maximum Gasteiger partial charge on any atom is 0.157 e. The zero-order valence-electron chi connectivity index (χ0n) is 5.80. The molecule has 1 aliphatic carbocycles. The zero-order chi connectivity index (χ0) is 7.84. The predicted molar refractivity (Wildman–Crippen MR) is 44.9 cm³/mol. The van der Waals surface area contributed by atoms with E-state index >= 15 is 0 Å². The molecule has 1 heterocycles. The first kappa shape index (κ1) is 7.04. The Morgan fingerprint density at radius 3 is 3.18 bits per heavy atom. The van der Waals surface area contributed by atoms with Crippen molar-refractivity contribution in [2.24, 2.45) is 0 Å². The van der Waals surface area contributed by atoms with Crippen molar-refractivity contribution >= 4 is 29.9 Å². The molecule has 2 radical (unpaired) electrons. The summed E-state index contributed by atoms with van der Waals surface area (Å²) in [5.41, 5.74) is 0.813. The van der Waals surface area contributed by atoms with Crippen LogP contribution in [0.25, 0.3) is 5.83 Å². The van der Waals surface area contributed by atoms with Crippen LogP contribution in [0.2, 0.25) is 0 Å². The van der Waals surface area contributed by atoms with Gasteiger partial charge in [-0.1, -0.05) is 0 Å². The second-order valence-corrected chi connectivity index (χ2v) is 3.45. The number of fused-ring (bicyclic) bond motifs is 1. The summed E-state index contributed by atoms with van der Waals surface area (Å²) in [6, 6.07) is 0. The summed E-state index contributed by atoms with van der Waals surface area (Å²) in [4.78, 5) is 5.10. The highest BCUT2D eigenvalue weighted by Crippen LogP contribution is 2.28. The van der Waals surface area contributed by atoms with E-state index < -0.39 is 0 Å². The molecule has 1 aromatic heterocycles. The number of hydrogen-bond donors (Lipinski definition) is 0. The van der Waals surface area contributed by atoms with Crippen LogP contribution in [0.5, 0.6) is 0 Å². The van der Waals surface area contributed by atoms with Gasteiger partial charge >= 0.3 is 0 Å². The van der Waals surface area contributed by atoms with E-state index in [-0.39, 0.29) is 5.83 Å². The van der Waals surface area contributed by atoms with E-state index in [4.69, 9.17) is 7.85 Å². The molecule has 0 aromatic carbocycles. The van der Waals surface area contributed by atoms with Gasteiger partial charge in [0.2, 0.25) is 0 Å². The van der Waals surface area contributed by atoms with Crippen molar-refractivity contribution in [1.29, 1.82) is 0 Å². The molecule has 0 saturated carbocycles. The lowest BCUT2D eigenvalue weighted by Crippen LogP contribution is -2.00. The van der Waals surface area contributed by atoms with Crippen molar-refractivity contribution in [2.45, 2.75) is 12.8 Å². The molecule has 0 aliphatic heterocycles. The Morgan fingerprint density at radius 1 is 1.64 bits per heavy atom. The number of thiazole rings is 1. The Kier molecular flexibility index (Phi) is 1.57. The molecule has 54 valence electrons. The predicted octanol–water partition coefficient (Wildman–Crippen LogP) is 1.19. The summed E-state index contributed by atoms with van der Waals surface area (Å²) < 4.78 is 13.0. The zero-order valence-corrected chi connectivity index (χ0v) is 6.62. The number of aryl methyl sites for hydroxylation is 1. The highest BCUT2D eigenvalue weighted by Gasteiger charge is 2.15. The number of nitrogens with zero attached hydrogens (tertiary/aromatic N) is 1. The van der Waals surface area contributed by atoms with Crippen LogP contribution in [0, 0.1) is 0 Å². The minimum Gasteiger partial charge on any atom is -0.258 e. The van der Waals surface area contributed by atoms with E-state index in [0.29, 0.717) is 9.78 Å². The molecule has 11 heavy (non-hydrogen) atoms. The van der Waals surface area contributed by atoms with Crippen molar-refractivity contribution in [3.8, 4) is 0 Å². The molecule has 0 bridgehead atoms. The van der Waals surface area contributed by atoms with E-state index in [1.54, 1.807) is 6.08 Å². The Hall–Kier alpha value is -0.635. The number of allylic oxidation sites excluding steroid dienone is 1. The van der Waals surface area contributed by atoms with Gasteiger partial charge in [0.25, 0.3) is 0 Å². The lowest BCUT2D eigenvalue weighted by molar-refractivity contribution is 0.740. The first-order valence-corrected chi connectivity index (χ1v) is 4.20. The summed E-state index contributed by atoms with van der Waals surface area (Å²) in [6.45, 7) is 0. The lowest BCUT2D eigenvalue weighted by Gasteiger charge is -2.03. The van der Waals surface area contributed by atoms with Crippen molar-refractivity contribution < 1.29 is 4.39 Å². The Balaban J connectivity index is 2.55. The smallest absolute Gasteiger partial charge is 0.157 e. The normalized spacial score (nSPS) is 15.9. The summed E-state index contributed by atoms with van der Waals surface area (Å²) in [5, 5.41) is 0. The van der Waals surface area contributed by atoms with Gasteiger partial charge in [-0.15, -0.1) is 11.3 Å². The fourth-order valence-corrected chi connectivity index (χ4v) is 1.97. The van der Waals surface area contributed by atoms with Crippen LogP contribution in [-0.2, 0) is 6.42 Å². The van der Waals surface area contributed by atoms with Crippen LogP contribution in [0.1, 0.15) is 17.0 Å². The SMILES string of the molecule is [B]c1nc2c(s1)C(F)=CCC2. The van der Waals surface area contributed by atoms with E-state index in [1.165, 1.54) is 11.3 Å². The molecule has 0 unspecified atom stereocenters. The van der Waals surface area contributed by atoms with Crippen molar-refractivity contribution in [3.05, 3.63) is 16.6 Å². The summed E-state index contributed by atoms with van der Waals surface area (Å²) >= 11 is 1.22. The molecular weight excluding hydrogens is 160 g/mol. The van der Waals surface area contributed by atoms with Gasteiger partial charge < -0.3 is 0 Å². The van der Waals surface area contributed by atoms with Crippen molar-refractivity contribution in [3.63, 3.8) is 0 Å². The number of halogens is 1. The maximum absolute atomic E-state index is 13.0. The Labute approximate surface area is 69.4 Å². The maximum atomic E-state index is 13.0. The minimum atomic E-state index is -0.166. The molecule has 1 aromatic rings. The van der Waals surface area contributed by atoms with Crippen molar-refractivity contribution in [2.75, 3.05) is 0 Å². The summed E-state index contributed by atoms with van der Waals surface area (Å²) in [7, 11) is 5.43. The molecule has 1 nitrogen and oxygen atoms in total. The fourth-order valence-electron chi connectivity index (χ4n) is 1.15. The van der Waals surface area contributed by atoms with E-state index in [2.05, 4.69) is 4.98 Å². The average molecular weight is 165 g/mol. The number of hydrogen-bond acceptors (Lipinski definition) is 2. The first-order chi connectivity index (χ1) is 5.27. The monoisotopic (exact) mass is 165 g/mol. The van der Waals surface area contributed by atoms with Crippen LogP contribution in [-0.4, -0.2) is 12.8 Å². The molecular formula is C7H5BFNS. The molecule has 0 saturated heterocycles. The number of aromatic nitrogens is 1. The third-order valence-corrected chi connectivity index (χ3v) is 2.57. The van der Waals surface area contributed by atoms with Gasteiger partial charge in [0.1, 0.15) is 5.83 Å². The molecule has 0 spiro atoms. The van der Waals surface area contributed by atoms with Crippen molar-refractivity contribution in [1.82, 2.24) is 4.98 Å². The third kappa shape index (κ3) is 1.11. The van der Waals surface area contributed by atoms with Gasteiger partial charge in [0.15, 0.2) is 7.85 Å². The second kappa shape index (κ2) is 2.45. The van der Waals surface area contributed by atoms with Crippen LogP contribution in [0.15, 0.2) is 6.08 Å². The average Bonchev–Trinajstić information content (AvgIpc) is 2.31. The summed E-state index contributed by atoms with van der Waals surface area (Å²) in [6.07, 6.45) is 3.14. The Bertz CT molecular complexity index is 318. The second-order valence-electron chi connectivity index (χ2n) is 2.42. The van der Waals surface area contributed by atoms with Gasteiger partial charge in [0.05, 0.1) is 10.6 Å². The molecule has 0 N–H and O–H groups in total. The molecule has 2 rings (SSSR count). The Morgan fingerprint density at radius 2 is 2.45 bits per heavy atom. The van der Waals surface area contributed by atoms with Crippen LogP contribution < -0.4 is 4.91 Å². The highest BCUT2D eigenvalue weighted by molar-refractivity contribution is 7.20. The van der Waals surface area contributed by atoms with Gasteiger partial charge in [-0.2, -0.15) is 0 Å². The lowest BCUT2D eigenvalue weighted by atomic mass is 10.1. The van der Waals surface area contributed by atoms with E-state index in [0.717, 1.165) is 18.5 Å². The van der Waals surface area contributed by atoms with Crippen LogP contribution in [0.4, 0.5) is 4.39 Å². The topological polar surface area (TPSA) is 12.9 Å². The van der Waals surface area contributed by atoms with Gasteiger partial charge in [0, 0.05) is 4.91 Å². The van der Waals surface area contributed by atoms with Crippen LogP contribution in [0.3, 0.4) is 0 Å². The van der Waals surface area contributed by atoms with Crippen LogP contribution >= 0.6 is 11.3 Å². The first-order valence-electron chi connectivity index (χ1n) is 3.38. The molecule has 0 amide bonds. The quantitative estimate of drug-likeness (QED) is 0.526. The fraction of sp³-hybridized carbons (Fsp3) is 0.286. The standard InChI is InChI=1S/C7H5BFNS/c8-7-10-5-3-1-2-4(9)6(5)11-7/h2H,1,3H2. The molecule has 1 aliphatic rings. The largest absolute Gasteiger partial charge is 0.258 e. The van der Waals surface area contributed by atoms with Gasteiger partial charge in [-0.05, 0) is 18.9 Å². The summed E-state index contributed by atoms with van der Waals surface area (Å²) in [5.74, 6) is -0.166. The van der Waals surface area contributed by atoms with Gasteiger partial charge in [-0.3, -0.25) is 4.98 Å². The molecule has 0 atom stereocenters. The minimum absolute atomic E-state index is 0.166. The number of rotatable bonds is 0. The van der Waals surface area contributed by atoms with E-state index in [1.807, 2.05) is 0 Å². The molecule has 4 heteroatoms.